The number of nitrogens with one attached hydrogen (secondary N) is 1. The van der Waals surface area contributed by atoms with E-state index in [2.05, 4.69) is 20.3 Å². The maximum Gasteiger partial charge on any atom is 0.410 e. The van der Waals surface area contributed by atoms with Gasteiger partial charge in [0.05, 0.1) is 18.1 Å². The van der Waals surface area contributed by atoms with E-state index in [1.807, 2.05) is 93.6 Å². The van der Waals surface area contributed by atoms with Gasteiger partial charge in [-0.2, -0.15) is 4.98 Å². The molecule has 9 nitrogen and oxygen atoms in total. The number of ether oxygens (including phenoxy) is 3. The maximum absolute atomic E-state index is 12.4. The lowest BCUT2D eigenvalue weighted by Gasteiger charge is -2.32. The number of nitrogens with zero attached hydrogens (tertiary/aromatic N) is 4. The highest BCUT2D eigenvalue weighted by molar-refractivity contribution is 5.68. The molecule has 0 bridgehead atoms. The molecule has 5 rings (SSSR count). The van der Waals surface area contributed by atoms with Gasteiger partial charge >= 0.3 is 6.09 Å². The number of hydrogen-bond acceptors (Lipinski definition) is 8. The number of likely N-dealkylation sites (tertiary alicyclic amines) is 1. The smallest absolute Gasteiger partial charge is 0.410 e. The number of rotatable bonds is 9. The lowest BCUT2D eigenvalue weighted by atomic mass is 9.96. The van der Waals surface area contributed by atoms with Crippen LogP contribution < -0.4 is 14.8 Å². The first kappa shape index (κ1) is 28.9. The minimum absolute atomic E-state index is 0.185. The van der Waals surface area contributed by atoms with Crippen LogP contribution in [-0.4, -0.2) is 44.6 Å². The van der Waals surface area contributed by atoms with Crippen molar-refractivity contribution in [2.24, 2.45) is 0 Å². The molecule has 0 atom stereocenters. The molecule has 4 aromatic rings. The lowest BCUT2D eigenvalue weighted by Crippen LogP contribution is -2.41. The van der Waals surface area contributed by atoms with Gasteiger partial charge in [-0.15, -0.1) is 0 Å². The number of pyridine rings is 1. The summed E-state index contributed by atoms with van der Waals surface area (Å²) in [6.45, 7) is 7.65. The summed E-state index contributed by atoms with van der Waals surface area (Å²) < 4.78 is 17.6. The normalized spacial score (nSPS) is 13.8. The molecule has 2 aromatic heterocycles. The van der Waals surface area contributed by atoms with Crippen LogP contribution in [0.15, 0.2) is 85.2 Å². The molecule has 42 heavy (non-hydrogen) atoms. The molecule has 1 fully saturated rings. The van der Waals surface area contributed by atoms with Gasteiger partial charge in [-0.25, -0.2) is 14.8 Å². The Hall–Kier alpha value is -4.66. The highest BCUT2D eigenvalue weighted by Gasteiger charge is 2.28. The van der Waals surface area contributed by atoms with E-state index in [4.69, 9.17) is 14.2 Å². The predicted molar refractivity (Wildman–Crippen MR) is 161 cm³/mol. The van der Waals surface area contributed by atoms with Crippen molar-refractivity contribution in [2.45, 2.75) is 58.3 Å². The highest BCUT2D eigenvalue weighted by atomic mass is 16.6. The number of benzene rings is 2. The first-order chi connectivity index (χ1) is 20.3. The van der Waals surface area contributed by atoms with Crippen molar-refractivity contribution in [3.05, 3.63) is 102 Å². The van der Waals surface area contributed by atoms with Crippen LogP contribution in [0.5, 0.6) is 11.8 Å². The van der Waals surface area contributed by atoms with Crippen LogP contribution in [0.2, 0.25) is 0 Å². The number of carbonyl (C=O) groups is 1. The summed E-state index contributed by atoms with van der Waals surface area (Å²) in [6.07, 6.45) is 4.85. The van der Waals surface area contributed by atoms with E-state index in [0.717, 1.165) is 29.8 Å². The van der Waals surface area contributed by atoms with E-state index in [0.29, 0.717) is 49.4 Å². The Morgan fingerprint density at radius 1 is 0.857 bits per heavy atom. The molecule has 1 saturated heterocycles. The Balaban J connectivity index is 1.23. The molecule has 3 heterocycles. The van der Waals surface area contributed by atoms with Crippen LogP contribution in [0.3, 0.4) is 0 Å². The summed E-state index contributed by atoms with van der Waals surface area (Å²) in [6, 6.07) is 23.6. The van der Waals surface area contributed by atoms with E-state index < -0.39 is 5.60 Å². The average molecular weight is 568 g/mol. The van der Waals surface area contributed by atoms with Gasteiger partial charge in [-0.05, 0) is 50.8 Å². The van der Waals surface area contributed by atoms with Gasteiger partial charge in [0, 0.05) is 25.1 Å². The first-order valence-electron chi connectivity index (χ1n) is 14.2. The van der Waals surface area contributed by atoms with Crippen molar-refractivity contribution >= 4 is 17.5 Å². The summed E-state index contributed by atoms with van der Waals surface area (Å²) in [4.78, 5) is 28.1. The van der Waals surface area contributed by atoms with Crippen LogP contribution in [0.1, 0.15) is 56.5 Å². The van der Waals surface area contributed by atoms with Crippen molar-refractivity contribution in [1.82, 2.24) is 19.9 Å². The minimum atomic E-state index is -0.503. The van der Waals surface area contributed by atoms with E-state index in [9.17, 15) is 4.79 Å². The fraction of sp³-hybridized carbons (Fsp3) is 0.333. The number of carbonyl (C=O) groups excluding carboxylic acids is 1. The molecule has 218 valence electrons. The lowest BCUT2D eigenvalue weighted by molar-refractivity contribution is 0.0203. The molecule has 0 spiro atoms. The van der Waals surface area contributed by atoms with Gasteiger partial charge < -0.3 is 24.4 Å². The second-order valence-corrected chi connectivity index (χ2v) is 11.2. The molecule has 1 amide bonds. The van der Waals surface area contributed by atoms with Gasteiger partial charge in [0.25, 0.3) is 0 Å². The van der Waals surface area contributed by atoms with E-state index in [1.54, 1.807) is 17.3 Å². The van der Waals surface area contributed by atoms with Crippen molar-refractivity contribution < 1.29 is 19.0 Å². The summed E-state index contributed by atoms with van der Waals surface area (Å²) in [5.74, 6) is 1.85. The summed E-state index contributed by atoms with van der Waals surface area (Å²) in [5.41, 5.74) is 2.98. The molecule has 1 aliphatic rings. The third-order valence-electron chi connectivity index (χ3n) is 6.75. The van der Waals surface area contributed by atoms with Gasteiger partial charge in [0.15, 0.2) is 0 Å². The van der Waals surface area contributed by atoms with Crippen LogP contribution >= 0.6 is 0 Å². The standard InChI is InChI=1S/C33H37N5O4/c1-33(2,3)42-32(39)38-18-16-26(17-19-38)30-34-20-27(21-35-30)36-28-14-15-29(40-22-24-10-6-4-7-11-24)37-31(28)41-23-25-12-8-5-9-13-25/h4-15,20-21,26,36H,16-19,22-23H2,1-3H3. The van der Waals surface area contributed by atoms with Crippen molar-refractivity contribution in [1.29, 1.82) is 0 Å². The Morgan fingerprint density at radius 2 is 1.45 bits per heavy atom. The molecule has 0 unspecified atom stereocenters. The third kappa shape index (κ3) is 8.19. The largest absolute Gasteiger partial charge is 0.473 e. The average Bonchev–Trinajstić information content (AvgIpc) is 3.00. The fourth-order valence-electron chi connectivity index (χ4n) is 4.58. The summed E-state index contributed by atoms with van der Waals surface area (Å²) in [5, 5.41) is 3.35. The SMILES string of the molecule is CC(C)(C)OC(=O)N1CCC(c2ncc(Nc3ccc(OCc4ccccc4)nc3OCc3ccccc3)cn2)CC1. The van der Waals surface area contributed by atoms with Crippen molar-refractivity contribution in [3.63, 3.8) is 0 Å². The van der Waals surface area contributed by atoms with Crippen LogP contribution in [0.25, 0.3) is 0 Å². The number of anilines is 2. The van der Waals surface area contributed by atoms with E-state index in [-0.39, 0.29) is 12.0 Å². The van der Waals surface area contributed by atoms with Crippen LogP contribution in [0.4, 0.5) is 16.2 Å². The number of aromatic nitrogens is 3. The first-order valence-corrected chi connectivity index (χ1v) is 14.2. The summed E-state index contributed by atoms with van der Waals surface area (Å²) in [7, 11) is 0. The fourth-order valence-corrected chi connectivity index (χ4v) is 4.58. The topological polar surface area (TPSA) is 98.7 Å². The molecular formula is C33H37N5O4. The molecule has 0 aliphatic carbocycles. The minimum Gasteiger partial charge on any atom is -0.473 e. The predicted octanol–water partition coefficient (Wildman–Crippen LogP) is 6.89. The van der Waals surface area contributed by atoms with E-state index >= 15 is 0 Å². The zero-order valence-electron chi connectivity index (χ0n) is 24.3. The Kier molecular flexibility index (Phi) is 9.16. The monoisotopic (exact) mass is 567 g/mol. The number of amides is 1. The Labute approximate surface area is 246 Å². The molecule has 0 saturated carbocycles. The van der Waals surface area contributed by atoms with Gasteiger partial charge in [-0.3, -0.25) is 0 Å². The third-order valence-corrected chi connectivity index (χ3v) is 6.75. The molecule has 1 N–H and O–H groups in total. The molecular weight excluding hydrogens is 530 g/mol. The Morgan fingerprint density at radius 3 is 2.05 bits per heavy atom. The van der Waals surface area contributed by atoms with E-state index in [1.165, 1.54) is 0 Å². The van der Waals surface area contributed by atoms with Gasteiger partial charge in [-0.1, -0.05) is 60.7 Å². The zero-order chi connectivity index (χ0) is 29.4. The second-order valence-electron chi connectivity index (χ2n) is 11.2. The number of piperidine rings is 1. The van der Waals surface area contributed by atoms with Crippen molar-refractivity contribution in [3.8, 4) is 11.8 Å². The zero-order valence-corrected chi connectivity index (χ0v) is 24.3. The van der Waals surface area contributed by atoms with Gasteiger partial charge in [0.2, 0.25) is 11.8 Å². The molecule has 2 aromatic carbocycles. The van der Waals surface area contributed by atoms with Gasteiger partial charge in [0.1, 0.15) is 30.3 Å². The van der Waals surface area contributed by atoms with Crippen LogP contribution in [-0.2, 0) is 18.0 Å². The maximum atomic E-state index is 12.4. The molecule has 1 aliphatic heterocycles. The Bertz CT molecular complexity index is 1440. The number of hydrogen-bond donors (Lipinski definition) is 1. The van der Waals surface area contributed by atoms with Crippen LogP contribution in [0, 0.1) is 0 Å². The highest BCUT2D eigenvalue weighted by Crippen LogP contribution is 2.31. The molecule has 9 heteroatoms. The van der Waals surface area contributed by atoms with Crippen molar-refractivity contribution in [2.75, 3.05) is 18.4 Å². The second kappa shape index (κ2) is 13.3. The quantitative estimate of drug-likeness (QED) is 0.234. The summed E-state index contributed by atoms with van der Waals surface area (Å²) >= 11 is 0. The molecule has 0 radical (unpaired) electrons.